The van der Waals surface area contributed by atoms with Gasteiger partial charge in [0.05, 0.1) is 6.54 Å². The van der Waals surface area contributed by atoms with Gasteiger partial charge in [-0.05, 0) is 31.9 Å². The van der Waals surface area contributed by atoms with E-state index < -0.39 is 0 Å². The second-order valence-electron chi connectivity index (χ2n) is 5.67. The van der Waals surface area contributed by atoms with Crippen LogP contribution < -0.4 is 0 Å². The van der Waals surface area contributed by atoms with Crippen LogP contribution in [0.25, 0.3) is 0 Å². The number of likely N-dealkylation sites (tertiary alicyclic amines) is 1. The Morgan fingerprint density at radius 2 is 2.14 bits per heavy atom. The maximum Gasteiger partial charge on any atom is 0.237 e. The lowest BCUT2D eigenvalue weighted by Crippen LogP contribution is -2.44. The van der Waals surface area contributed by atoms with E-state index in [1.54, 1.807) is 0 Å². The Bertz CT molecular complexity index is 461. The summed E-state index contributed by atoms with van der Waals surface area (Å²) in [6.45, 7) is 5.42. The van der Waals surface area contributed by atoms with E-state index in [9.17, 15) is 9.59 Å². The Kier molecular flexibility index (Phi) is 5.93. The number of likely N-dealkylation sites (N-methyl/N-ethyl adjacent to an activating group) is 1. The minimum absolute atomic E-state index is 0.0933. The monoisotopic (exact) mass is 288 g/mol. The molecule has 1 amide bonds. The average molecular weight is 288 g/mol. The zero-order valence-corrected chi connectivity index (χ0v) is 12.7. The maximum absolute atomic E-state index is 12.4. The summed E-state index contributed by atoms with van der Waals surface area (Å²) in [5.41, 5.74) is 1.15. The fourth-order valence-corrected chi connectivity index (χ4v) is 2.82. The molecule has 4 nitrogen and oxygen atoms in total. The number of piperidine rings is 1. The first-order chi connectivity index (χ1) is 10.2. The van der Waals surface area contributed by atoms with Crippen LogP contribution in [0.2, 0.25) is 0 Å². The highest BCUT2D eigenvalue weighted by molar-refractivity contribution is 5.78. The van der Waals surface area contributed by atoms with Crippen molar-refractivity contribution in [3.8, 4) is 0 Å². The zero-order chi connectivity index (χ0) is 15.1. The van der Waals surface area contributed by atoms with E-state index in [0.29, 0.717) is 19.6 Å². The molecule has 1 aliphatic rings. The number of nitrogens with zero attached hydrogens (tertiary/aromatic N) is 2. The summed E-state index contributed by atoms with van der Waals surface area (Å²) in [5.74, 6) is 0.239. The Morgan fingerprint density at radius 1 is 1.38 bits per heavy atom. The van der Waals surface area contributed by atoms with Gasteiger partial charge in [-0.1, -0.05) is 30.3 Å². The van der Waals surface area contributed by atoms with E-state index in [0.717, 1.165) is 37.8 Å². The van der Waals surface area contributed by atoms with Crippen LogP contribution in [0, 0.1) is 5.92 Å². The molecular weight excluding hydrogens is 264 g/mol. The van der Waals surface area contributed by atoms with Crippen molar-refractivity contribution in [3.05, 3.63) is 35.9 Å². The topological polar surface area (TPSA) is 40.6 Å². The number of rotatable bonds is 6. The summed E-state index contributed by atoms with van der Waals surface area (Å²) in [7, 11) is 0. The molecule has 0 radical (unpaired) electrons. The molecule has 21 heavy (non-hydrogen) atoms. The van der Waals surface area contributed by atoms with Crippen molar-refractivity contribution < 1.29 is 9.59 Å². The zero-order valence-electron chi connectivity index (χ0n) is 12.7. The number of amides is 1. The van der Waals surface area contributed by atoms with Crippen molar-refractivity contribution in [2.24, 2.45) is 5.92 Å². The summed E-state index contributed by atoms with van der Waals surface area (Å²) < 4.78 is 0. The van der Waals surface area contributed by atoms with Gasteiger partial charge in [-0.15, -0.1) is 0 Å². The fourth-order valence-electron chi connectivity index (χ4n) is 2.82. The second kappa shape index (κ2) is 7.93. The summed E-state index contributed by atoms with van der Waals surface area (Å²) in [5, 5.41) is 0. The Balaban J connectivity index is 1.89. The molecule has 0 spiro atoms. The summed E-state index contributed by atoms with van der Waals surface area (Å²) in [6, 6.07) is 10.0. The number of hydrogen-bond donors (Lipinski definition) is 0. The van der Waals surface area contributed by atoms with Gasteiger partial charge in [0.1, 0.15) is 6.29 Å². The van der Waals surface area contributed by atoms with Gasteiger partial charge < -0.3 is 9.69 Å². The van der Waals surface area contributed by atoms with Gasteiger partial charge in [-0.2, -0.15) is 0 Å². The van der Waals surface area contributed by atoms with E-state index in [4.69, 9.17) is 0 Å². The molecule has 1 unspecified atom stereocenters. The van der Waals surface area contributed by atoms with Crippen LogP contribution in [-0.2, 0) is 16.1 Å². The first-order valence-electron chi connectivity index (χ1n) is 7.72. The molecule has 114 valence electrons. The molecule has 1 aliphatic heterocycles. The lowest BCUT2D eigenvalue weighted by molar-refractivity contribution is -0.133. The van der Waals surface area contributed by atoms with Crippen LogP contribution in [0.5, 0.6) is 0 Å². The van der Waals surface area contributed by atoms with Crippen LogP contribution in [0.15, 0.2) is 30.3 Å². The van der Waals surface area contributed by atoms with Crippen LogP contribution >= 0.6 is 0 Å². The normalized spacial score (nSPS) is 19.2. The molecule has 0 bridgehead atoms. The largest absolute Gasteiger partial charge is 0.338 e. The van der Waals surface area contributed by atoms with Crippen molar-refractivity contribution in [3.63, 3.8) is 0 Å². The third kappa shape index (κ3) is 4.67. The molecule has 1 saturated heterocycles. The van der Waals surface area contributed by atoms with Crippen LogP contribution in [0.3, 0.4) is 0 Å². The lowest BCUT2D eigenvalue weighted by Gasteiger charge is -2.31. The van der Waals surface area contributed by atoms with E-state index in [2.05, 4.69) is 4.90 Å². The average Bonchev–Trinajstić information content (AvgIpc) is 2.53. The predicted octanol–water partition coefficient (Wildman–Crippen LogP) is 1.95. The number of aldehydes is 1. The SMILES string of the molecule is CCN(Cc1ccccc1)C(=O)CN1CCCC(C=O)C1. The van der Waals surface area contributed by atoms with Gasteiger partial charge in [-0.3, -0.25) is 9.69 Å². The molecule has 2 rings (SSSR count). The molecule has 0 aliphatic carbocycles. The van der Waals surface area contributed by atoms with Crippen LogP contribution in [0.4, 0.5) is 0 Å². The lowest BCUT2D eigenvalue weighted by atomic mass is 10.00. The molecule has 0 N–H and O–H groups in total. The van der Waals surface area contributed by atoms with E-state index in [1.165, 1.54) is 0 Å². The van der Waals surface area contributed by atoms with Crippen molar-refractivity contribution in [1.29, 1.82) is 0 Å². The molecule has 1 atom stereocenters. The number of carbonyl (C=O) groups is 2. The van der Waals surface area contributed by atoms with Gasteiger partial charge in [-0.25, -0.2) is 0 Å². The van der Waals surface area contributed by atoms with E-state index in [1.807, 2.05) is 42.2 Å². The first-order valence-corrected chi connectivity index (χ1v) is 7.72. The quantitative estimate of drug-likeness (QED) is 0.751. The first kappa shape index (κ1) is 15.7. The van der Waals surface area contributed by atoms with E-state index >= 15 is 0 Å². The molecule has 1 heterocycles. The predicted molar refractivity (Wildman–Crippen MR) is 82.8 cm³/mol. The Hall–Kier alpha value is -1.68. The number of hydrogen-bond acceptors (Lipinski definition) is 3. The molecule has 1 fully saturated rings. The maximum atomic E-state index is 12.4. The van der Waals surface area contributed by atoms with Gasteiger partial charge >= 0.3 is 0 Å². The molecule has 0 saturated carbocycles. The van der Waals surface area contributed by atoms with Crippen LogP contribution in [-0.4, -0.2) is 48.2 Å². The summed E-state index contributed by atoms with van der Waals surface area (Å²) >= 11 is 0. The summed E-state index contributed by atoms with van der Waals surface area (Å²) in [6.07, 6.45) is 2.98. The van der Waals surface area contributed by atoms with Crippen molar-refractivity contribution in [2.45, 2.75) is 26.3 Å². The molecule has 0 aromatic heterocycles. The van der Waals surface area contributed by atoms with Gasteiger partial charge in [0.2, 0.25) is 5.91 Å². The number of benzene rings is 1. The summed E-state index contributed by atoms with van der Waals surface area (Å²) in [4.78, 5) is 27.3. The van der Waals surface area contributed by atoms with Gasteiger partial charge in [0.15, 0.2) is 0 Å². The third-order valence-electron chi connectivity index (χ3n) is 4.04. The Labute approximate surface area is 126 Å². The highest BCUT2D eigenvalue weighted by atomic mass is 16.2. The minimum Gasteiger partial charge on any atom is -0.338 e. The highest BCUT2D eigenvalue weighted by Gasteiger charge is 2.22. The van der Waals surface area contributed by atoms with Gasteiger partial charge in [0.25, 0.3) is 0 Å². The molecule has 4 heteroatoms. The van der Waals surface area contributed by atoms with Crippen LogP contribution in [0.1, 0.15) is 25.3 Å². The van der Waals surface area contributed by atoms with Crippen molar-refractivity contribution in [1.82, 2.24) is 9.80 Å². The second-order valence-corrected chi connectivity index (χ2v) is 5.67. The third-order valence-corrected chi connectivity index (χ3v) is 4.04. The Morgan fingerprint density at radius 3 is 2.81 bits per heavy atom. The smallest absolute Gasteiger partial charge is 0.237 e. The minimum atomic E-state index is 0.0933. The molecule has 1 aromatic rings. The van der Waals surface area contributed by atoms with Gasteiger partial charge in [0, 0.05) is 25.6 Å². The standard InChI is InChI=1S/C17H24N2O2/c1-2-19(12-15-7-4-3-5-8-15)17(21)13-18-10-6-9-16(11-18)14-20/h3-5,7-8,14,16H,2,6,9-13H2,1H3. The number of carbonyl (C=O) groups excluding carboxylic acids is 2. The fraction of sp³-hybridized carbons (Fsp3) is 0.529. The highest BCUT2D eigenvalue weighted by Crippen LogP contribution is 2.14. The molecule has 1 aromatic carbocycles. The molecular formula is C17H24N2O2. The van der Waals surface area contributed by atoms with Crippen molar-refractivity contribution in [2.75, 3.05) is 26.2 Å². The van der Waals surface area contributed by atoms with E-state index in [-0.39, 0.29) is 11.8 Å². The van der Waals surface area contributed by atoms with Crippen molar-refractivity contribution >= 4 is 12.2 Å².